The molecule has 0 saturated heterocycles. The summed E-state index contributed by atoms with van der Waals surface area (Å²) in [6.45, 7) is 4.83. The van der Waals surface area contributed by atoms with E-state index < -0.39 is 35.3 Å². The fourth-order valence-electron chi connectivity index (χ4n) is 2.36. The molecule has 0 unspecified atom stereocenters. The Bertz CT molecular complexity index is 457. The average Bonchev–Trinajstić information content (AvgIpc) is 2.77. The van der Waals surface area contributed by atoms with Crippen LogP contribution in [0.5, 0.6) is 0 Å². The maximum Gasteiger partial charge on any atom is 0.321 e. The van der Waals surface area contributed by atoms with Crippen LogP contribution in [0.4, 0.5) is 0 Å². The first-order valence-electron chi connectivity index (χ1n) is 6.98. The third kappa shape index (κ3) is 5.21. The van der Waals surface area contributed by atoms with E-state index in [9.17, 15) is 24.6 Å². The van der Waals surface area contributed by atoms with Crippen LogP contribution in [0, 0.1) is 11.8 Å². The van der Waals surface area contributed by atoms with Gasteiger partial charge in [0, 0.05) is 0 Å². The minimum Gasteiger partial charge on any atom is -0.481 e. The Balaban J connectivity index is 2.95. The summed E-state index contributed by atoms with van der Waals surface area (Å²) < 4.78 is 5.05. The normalized spacial score (nSPS) is 17.8. The number of carbonyl (C=O) groups excluding carboxylic acids is 1. The summed E-state index contributed by atoms with van der Waals surface area (Å²) in [7, 11) is 0. The molecule has 0 spiro atoms. The molecule has 118 valence electrons. The molecule has 2 atom stereocenters. The van der Waals surface area contributed by atoms with Gasteiger partial charge >= 0.3 is 17.9 Å². The summed E-state index contributed by atoms with van der Waals surface area (Å²) in [5.74, 6) is -6.75. The number of esters is 1. The van der Waals surface area contributed by atoms with Crippen molar-refractivity contribution < 1.29 is 29.3 Å². The SMILES string of the molecule is CC(C)(C)OC(=O)[C@@H](C(=O)O)[C@@H](CC1=CCCC1)C(=O)O. The van der Waals surface area contributed by atoms with Crippen molar-refractivity contribution in [3.05, 3.63) is 11.6 Å². The first-order valence-corrected chi connectivity index (χ1v) is 6.98. The van der Waals surface area contributed by atoms with E-state index in [2.05, 4.69) is 0 Å². The van der Waals surface area contributed by atoms with Gasteiger partial charge in [0.05, 0.1) is 5.92 Å². The van der Waals surface area contributed by atoms with Gasteiger partial charge in [-0.05, 0) is 46.5 Å². The van der Waals surface area contributed by atoms with E-state index in [1.165, 1.54) is 0 Å². The Morgan fingerprint density at radius 2 is 1.86 bits per heavy atom. The summed E-state index contributed by atoms with van der Waals surface area (Å²) in [6, 6.07) is 0. The van der Waals surface area contributed by atoms with Gasteiger partial charge in [0.2, 0.25) is 0 Å². The van der Waals surface area contributed by atoms with Crippen LogP contribution in [0.25, 0.3) is 0 Å². The summed E-state index contributed by atoms with van der Waals surface area (Å²) >= 11 is 0. The average molecular weight is 298 g/mol. The van der Waals surface area contributed by atoms with E-state index in [4.69, 9.17) is 4.74 Å². The number of hydrogen-bond donors (Lipinski definition) is 2. The third-order valence-electron chi connectivity index (χ3n) is 3.26. The topological polar surface area (TPSA) is 101 Å². The smallest absolute Gasteiger partial charge is 0.321 e. The van der Waals surface area contributed by atoms with Gasteiger partial charge in [-0.1, -0.05) is 11.6 Å². The Labute approximate surface area is 123 Å². The molecule has 0 amide bonds. The van der Waals surface area contributed by atoms with E-state index in [-0.39, 0.29) is 6.42 Å². The van der Waals surface area contributed by atoms with Crippen LogP contribution in [0.3, 0.4) is 0 Å². The zero-order valence-corrected chi connectivity index (χ0v) is 12.6. The Morgan fingerprint density at radius 3 is 2.24 bits per heavy atom. The first kappa shape index (κ1) is 17.2. The summed E-state index contributed by atoms with van der Waals surface area (Å²) in [4.78, 5) is 34.8. The maximum atomic E-state index is 12.0. The zero-order chi connectivity index (χ0) is 16.2. The highest BCUT2D eigenvalue weighted by Gasteiger charge is 2.42. The number of ether oxygens (including phenoxy) is 1. The highest BCUT2D eigenvalue weighted by Crippen LogP contribution is 2.30. The standard InChI is InChI=1S/C15H22O6/c1-15(2,3)21-14(20)11(13(18)19)10(12(16)17)8-9-6-4-5-7-9/h6,10-11H,4-5,7-8H2,1-3H3,(H,16,17)(H,18,19)/t10-,11-/m1/s1. The molecule has 0 radical (unpaired) electrons. The first-order chi connectivity index (χ1) is 9.61. The van der Waals surface area contributed by atoms with Gasteiger partial charge in [-0.25, -0.2) is 0 Å². The number of carboxylic acids is 2. The molecule has 2 N–H and O–H groups in total. The lowest BCUT2D eigenvalue weighted by atomic mass is 9.86. The number of aliphatic carboxylic acids is 2. The molecule has 0 saturated carbocycles. The second kappa shape index (κ2) is 6.74. The summed E-state index contributed by atoms with van der Waals surface area (Å²) in [5, 5.41) is 18.6. The molecular weight excluding hydrogens is 276 g/mol. The van der Waals surface area contributed by atoms with Gasteiger partial charge in [-0.3, -0.25) is 14.4 Å². The van der Waals surface area contributed by atoms with Crippen LogP contribution in [0.15, 0.2) is 11.6 Å². The Hall–Kier alpha value is -1.85. The second-order valence-electron chi connectivity index (χ2n) is 6.25. The van der Waals surface area contributed by atoms with Crippen molar-refractivity contribution in [3.8, 4) is 0 Å². The van der Waals surface area contributed by atoms with Crippen molar-refractivity contribution in [3.63, 3.8) is 0 Å². The summed E-state index contributed by atoms with van der Waals surface area (Å²) in [5.41, 5.74) is 0.0395. The molecule has 1 aliphatic carbocycles. The lowest BCUT2D eigenvalue weighted by molar-refractivity contribution is -0.173. The van der Waals surface area contributed by atoms with Gasteiger partial charge < -0.3 is 14.9 Å². The van der Waals surface area contributed by atoms with Crippen LogP contribution >= 0.6 is 0 Å². The van der Waals surface area contributed by atoms with Crippen molar-refractivity contribution in [2.45, 2.75) is 52.1 Å². The van der Waals surface area contributed by atoms with Gasteiger partial charge in [0.15, 0.2) is 5.92 Å². The van der Waals surface area contributed by atoms with E-state index in [1.54, 1.807) is 20.8 Å². The van der Waals surface area contributed by atoms with E-state index in [0.717, 1.165) is 24.8 Å². The molecule has 0 aliphatic heterocycles. The molecular formula is C15H22O6. The molecule has 0 heterocycles. The lowest BCUT2D eigenvalue weighted by Crippen LogP contribution is -2.40. The predicted molar refractivity (Wildman–Crippen MR) is 74.6 cm³/mol. The molecule has 0 aromatic heterocycles. The van der Waals surface area contributed by atoms with Gasteiger partial charge in [-0.2, -0.15) is 0 Å². The van der Waals surface area contributed by atoms with Gasteiger partial charge in [0.25, 0.3) is 0 Å². The monoisotopic (exact) mass is 298 g/mol. The fraction of sp³-hybridized carbons (Fsp3) is 0.667. The lowest BCUT2D eigenvalue weighted by Gasteiger charge is -2.25. The molecule has 0 aromatic carbocycles. The number of allylic oxidation sites excluding steroid dienone is 2. The minimum absolute atomic E-state index is 0.0749. The number of hydrogen-bond acceptors (Lipinski definition) is 4. The van der Waals surface area contributed by atoms with E-state index in [1.807, 2.05) is 6.08 Å². The quantitative estimate of drug-likeness (QED) is 0.443. The molecule has 0 aromatic rings. The Kier molecular flexibility index (Phi) is 5.52. The molecule has 0 fully saturated rings. The Morgan fingerprint density at radius 1 is 1.24 bits per heavy atom. The van der Waals surface area contributed by atoms with Crippen LogP contribution in [0.1, 0.15) is 46.5 Å². The minimum atomic E-state index is -1.69. The molecule has 1 rings (SSSR count). The highest BCUT2D eigenvalue weighted by atomic mass is 16.6. The van der Waals surface area contributed by atoms with Crippen molar-refractivity contribution in [1.29, 1.82) is 0 Å². The van der Waals surface area contributed by atoms with Crippen molar-refractivity contribution in [1.82, 2.24) is 0 Å². The highest BCUT2D eigenvalue weighted by molar-refractivity contribution is 5.98. The van der Waals surface area contributed by atoms with E-state index >= 15 is 0 Å². The van der Waals surface area contributed by atoms with E-state index in [0.29, 0.717) is 0 Å². The zero-order valence-electron chi connectivity index (χ0n) is 12.6. The largest absolute Gasteiger partial charge is 0.481 e. The fourth-order valence-corrected chi connectivity index (χ4v) is 2.36. The van der Waals surface area contributed by atoms with Crippen LogP contribution in [-0.2, 0) is 19.1 Å². The van der Waals surface area contributed by atoms with Crippen LogP contribution in [0.2, 0.25) is 0 Å². The predicted octanol–water partition coefficient (Wildman–Crippen LogP) is 2.23. The molecule has 0 bridgehead atoms. The number of carbonyl (C=O) groups is 3. The van der Waals surface area contributed by atoms with Gasteiger partial charge in [0.1, 0.15) is 5.60 Å². The maximum absolute atomic E-state index is 12.0. The van der Waals surface area contributed by atoms with Crippen LogP contribution in [-0.4, -0.2) is 33.7 Å². The molecule has 1 aliphatic rings. The van der Waals surface area contributed by atoms with Crippen LogP contribution < -0.4 is 0 Å². The summed E-state index contributed by atoms with van der Waals surface area (Å²) in [6.07, 6.45) is 4.55. The second-order valence-corrected chi connectivity index (χ2v) is 6.25. The van der Waals surface area contributed by atoms with Crippen molar-refractivity contribution in [2.75, 3.05) is 0 Å². The number of rotatable bonds is 6. The molecule has 6 nitrogen and oxygen atoms in total. The van der Waals surface area contributed by atoms with Crippen molar-refractivity contribution in [2.24, 2.45) is 11.8 Å². The van der Waals surface area contributed by atoms with Crippen molar-refractivity contribution >= 4 is 17.9 Å². The number of carboxylic acid groups (broad SMARTS) is 2. The van der Waals surface area contributed by atoms with Gasteiger partial charge in [-0.15, -0.1) is 0 Å². The molecule has 6 heteroatoms. The third-order valence-corrected chi connectivity index (χ3v) is 3.26. The molecule has 21 heavy (non-hydrogen) atoms.